The minimum atomic E-state index is -0.821. The fourth-order valence-electron chi connectivity index (χ4n) is 3.25. The molecule has 0 saturated heterocycles. The molecule has 0 radical (unpaired) electrons. The third kappa shape index (κ3) is 2.41. The van der Waals surface area contributed by atoms with Gasteiger partial charge in [-0.1, -0.05) is 67.3 Å². The van der Waals surface area contributed by atoms with E-state index in [1.54, 1.807) is 0 Å². The van der Waals surface area contributed by atoms with Crippen molar-refractivity contribution in [3.05, 3.63) is 90.0 Å². The van der Waals surface area contributed by atoms with Crippen molar-refractivity contribution in [3.63, 3.8) is 0 Å². The predicted molar refractivity (Wildman–Crippen MR) is 98.9 cm³/mol. The summed E-state index contributed by atoms with van der Waals surface area (Å²) in [6.45, 7) is 4.63. The Morgan fingerprint density at radius 1 is 0.958 bits per heavy atom. The van der Waals surface area contributed by atoms with Crippen LogP contribution in [0, 0.1) is 0 Å². The van der Waals surface area contributed by atoms with Crippen molar-refractivity contribution in [1.82, 2.24) is 0 Å². The van der Waals surface area contributed by atoms with E-state index >= 15 is 0 Å². The maximum absolute atomic E-state index is 11.1. The third-order valence-electron chi connectivity index (χ3n) is 4.47. The van der Waals surface area contributed by atoms with Crippen molar-refractivity contribution in [3.8, 4) is 5.75 Å². The quantitative estimate of drug-likeness (QED) is 0.633. The molecule has 3 aromatic carbocycles. The van der Waals surface area contributed by atoms with Gasteiger partial charge in [0.2, 0.25) is 0 Å². The number of rotatable bonds is 0. The second-order valence-corrected chi connectivity index (χ2v) is 5.93. The van der Waals surface area contributed by atoms with Gasteiger partial charge in [0.05, 0.1) is 0 Å². The van der Waals surface area contributed by atoms with Crippen molar-refractivity contribution >= 4 is 22.4 Å². The largest absolute Gasteiger partial charge is 0.489 e. The lowest BCUT2D eigenvalue weighted by molar-refractivity contribution is 0.232. The SMILES string of the molecule is C=C1c2ccccc2/C=C\COc2ccc3ccccc3c2C1O. The van der Waals surface area contributed by atoms with Crippen molar-refractivity contribution in [2.75, 3.05) is 6.61 Å². The zero-order valence-electron chi connectivity index (χ0n) is 13.3. The zero-order valence-corrected chi connectivity index (χ0v) is 13.3. The molecule has 0 aliphatic carbocycles. The Morgan fingerprint density at radius 2 is 1.75 bits per heavy atom. The normalized spacial score (nSPS) is 18.4. The lowest BCUT2D eigenvalue weighted by Gasteiger charge is -2.22. The molecule has 3 aromatic rings. The highest BCUT2D eigenvalue weighted by molar-refractivity contribution is 5.91. The Hall–Kier alpha value is -2.84. The minimum Gasteiger partial charge on any atom is -0.489 e. The van der Waals surface area contributed by atoms with Gasteiger partial charge in [0.1, 0.15) is 18.5 Å². The smallest absolute Gasteiger partial charge is 0.126 e. The molecule has 0 bridgehead atoms. The molecule has 1 aliphatic rings. The average Bonchev–Trinajstić information content (AvgIpc) is 2.63. The van der Waals surface area contributed by atoms with Crippen LogP contribution in [0.3, 0.4) is 0 Å². The fourth-order valence-corrected chi connectivity index (χ4v) is 3.25. The molecule has 1 atom stereocenters. The van der Waals surface area contributed by atoms with Gasteiger partial charge in [-0.2, -0.15) is 0 Å². The van der Waals surface area contributed by atoms with Crippen LogP contribution in [-0.2, 0) is 0 Å². The summed E-state index contributed by atoms with van der Waals surface area (Å²) < 4.78 is 5.92. The van der Waals surface area contributed by atoms with E-state index in [4.69, 9.17) is 4.74 Å². The summed E-state index contributed by atoms with van der Waals surface area (Å²) in [5.74, 6) is 0.700. The van der Waals surface area contributed by atoms with Crippen LogP contribution in [0.15, 0.2) is 73.3 Å². The summed E-state index contributed by atoms with van der Waals surface area (Å²) in [6.07, 6.45) is 3.18. The molecular weight excluding hydrogens is 296 g/mol. The molecule has 24 heavy (non-hydrogen) atoms. The number of benzene rings is 3. The van der Waals surface area contributed by atoms with Gasteiger partial charge in [-0.3, -0.25) is 0 Å². The first-order valence-electron chi connectivity index (χ1n) is 8.03. The van der Waals surface area contributed by atoms with Gasteiger partial charge in [-0.25, -0.2) is 0 Å². The molecular formula is C22H18O2. The second-order valence-electron chi connectivity index (χ2n) is 5.93. The van der Waals surface area contributed by atoms with E-state index in [1.807, 2.05) is 72.8 Å². The van der Waals surface area contributed by atoms with Gasteiger partial charge in [0, 0.05) is 5.56 Å². The number of aliphatic hydroxyl groups excluding tert-OH is 1. The number of hydrogen-bond acceptors (Lipinski definition) is 2. The van der Waals surface area contributed by atoms with Crippen LogP contribution in [0.5, 0.6) is 5.75 Å². The van der Waals surface area contributed by atoms with Crippen LogP contribution in [0.25, 0.3) is 22.4 Å². The first-order valence-corrected chi connectivity index (χ1v) is 8.03. The highest BCUT2D eigenvalue weighted by Gasteiger charge is 2.22. The topological polar surface area (TPSA) is 29.5 Å². The van der Waals surface area contributed by atoms with E-state index in [1.165, 1.54) is 0 Å². The van der Waals surface area contributed by atoms with Crippen LogP contribution in [-0.4, -0.2) is 11.7 Å². The number of aliphatic hydroxyl groups is 1. The Kier molecular flexibility index (Phi) is 3.68. The standard InChI is InChI=1S/C22H18O2/c1-15-18-10-4-2-7-16(18)9-6-14-24-20-13-12-17-8-3-5-11-19(17)21(20)22(15)23/h2-13,22-23H,1,14H2/b9-6-. The van der Waals surface area contributed by atoms with E-state index in [2.05, 4.69) is 6.58 Å². The lowest BCUT2D eigenvalue weighted by Crippen LogP contribution is -2.07. The van der Waals surface area contributed by atoms with Crippen molar-refractivity contribution in [2.45, 2.75) is 6.10 Å². The summed E-state index contributed by atoms with van der Waals surface area (Å²) >= 11 is 0. The number of hydrogen-bond donors (Lipinski definition) is 1. The Morgan fingerprint density at radius 3 is 2.67 bits per heavy atom. The van der Waals surface area contributed by atoms with Crippen LogP contribution < -0.4 is 4.74 Å². The van der Waals surface area contributed by atoms with E-state index < -0.39 is 6.10 Å². The molecule has 0 spiro atoms. The molecule has 4 rings (SSSR count). The van der Waals surface area contributed by atoms with Crippen molar-refractivity contribution in [1.29, 1.82) is 0 Å². The van der Waals surface area contributed by atoms with Gasteiger partial charge < -0.3 is 9.84 Å². The van der Waals surface area contributed by atoms with Gasteiger partial charge in [0.25, 0.3) is 0 Å². The first-order chi connectivity index (χ1) is 11.8. The van der Waals surface area contributed by atoms with Crippen molar-refractivity contribution < 1.29 is 9.84 Å². The van der Waals surface area contributed by atoms with E-state index in [9.17, 15) is 5.11 Å². The molecule has 0 amide bonds. The molecule has 0 fully saturated rings. The summed E-state index contributed by atoms with van der Waals surface area (Å²) in [6, 6.07) is 19.9. The molecule has 2 heteroatoms. The Balaban J connectivity index is 1.96. The summed E-state index contributed by atoms with van der Waals surface area (Å²) in [5.41, 5.74) is 3.46. The maximum Gasteiger partial charge on any atom is 0.126 e. The van der Waals surface area contributed by atoms with Crippen LogP contribution in [0.2, 0.25) is 0 Å². The molecule has 1 heterocycles. The molecule has 1 unspecified atom stereocenters. The Labute approximate surface area is 141 Å². The second kappa shape index (κ2) is 5.99. The van der Waals surface area contributed by atoms with Crippen LogP contribution in [0.1, 0.15) is 22.8 Å². The zero-order chi connectivity index (χ0) is 16.5. The van der Waals surface area contributed by atoms with Gasteiger partial charge in [0.15, 0.2) is 0 Å². The molecule has 0 saturated carbocycles. The molecule has 1 aliphatic heterocycles. The number of ether oxygens (including phenoxy) is 1. The highest BCUT2D eigenvalue weighted by atomic mass is 16.5. The maximum atomic E-state index is 11.1. The Bertz CT molecular complexity index is 953. The summed E-state index contributed by atoms with van der Waals surface area (Å²) in [7, 11) is 0. The first kappa shape index (κ1) is 14.7. The summed E-state index contributed by atoms with van der Waals surface area (Å²) in [4.78, 5) is 0. The van der Waals surface area contributed by atoms with E-state index in [-0.39, 0.29) is 0 Å². The highest BCUT2D eigenvalue weighted by Crippen LogP contribution is 2.40. The summed E-state index contributed by atoms with van der Waals surface area (Å²) in [5, 5.41) is 13.2. The fraction of sp³-hybridized carbons (Fsp3) is 0.0909. The van der Waals surface area contributed by atoms with E-state index in [0.29, 0.717) is 17.9 Å². The molecule has 0 aromatic heterocycles. The van der Waals surface area contributed by atoms with Crippen LogP contribution in [0.4, 0.5) is 0 Å². The average molecular weight is 314 g/mol. The van der Waals surface area contributed by atoms with Gasteiger partial charge in [-0.15, -0.1) is 0 Å². The van der Waals surface area contributed by atoms with Gasteiger partial charge >= 0.3 is 0 Å². The molecule has 118 valence electrons. The molecule has 1 N–H and O–H groups in total. The van der Waals surface area contributed by atoms with Crippen molar-refractivity contribution in [2.24, 2.45) is 0 Å². The monoisotopic (exact) mass is 314 g/mol. The minimum absolute atomic E-state index is 0.457. The van der Waals surface area contributed by atoms with Crippen LogP contribution >= 0.6 is 0 Å². The number of fused-ring (bicyclic) bond motifs is 4. The molecule has 2 nitrogen and oxygen atoms in total. The lowest BCUT2D eigenvalue weighted by atomic mass is 9.89. The predicted octanol–water partition coefficient (Wildman–Crippen LogP) is 4.99. The van der Waals surface area contributed by atoms with E-state index in [0.717, 1.165) is 27.5 Å². The third-order valence-corrected chi connectivity index (χ3v) is 4.47. The van der Waals surface area contributed by atoms with Gasteiger partial charge in [-0.05, 0) is 39.6 Å².